The Hall–Kier alpha value is -1.26. The van der Waals surface area contributed by atoms with E-state index >= 15 is 0 Å². The van der Waals surface area contributed by atoms with E-state index in [4.69, 9.17) is 4.98 Å². The molecule has 0 unspecified atom stereocenters. The number of hydrogen-bond donors (Lipinski definition) is 1. The van der Waals surface area contributed by atoms with Crippen LogP contribution in [-0.4, -0.2) is 23.1 Å². The lowest BCUT2D eigenvalue weighted by Gasteiger charge is -2.25. The van der Waals surface area contributed by atoms with Crippen molar-refractivity contribution in [3.63, 3.8) is 0 Å². The molecule has 0 atom stereocenters. The molecule has 0 saturated carbocycles. The third-order valence-corrected chi connectivity index (χ3v) is 3.79. The van der Waals surface area contributed by atoms with Gasteiger partial charge < -0.3 is 5.32 Å². The molecule has 1 N–H and O–H groups in total. The van der Waals surface area contributed by atoms with Crippen molar-refractivity contribution in [3.05, 3.63) is 46.3 Å². The van der Waals surface area contributed by atoms with E-state index in [0.717, 1.165) is 29.1 Å². The van der Waals surface area contributed by atoms with Crippen LogP contribution in [0.1, 0.15) is 17.3 Å². The first kappa shape index (κ1) is 11.8. The second-order valence-corrected chi connectivity index (χ2v) is 5.53. The molecule has 92 valence electrons. The van der Waals surface area contributed by atoms with Crippen LogP contribution >= 0.6 is 15.9 Å². The maximum absolute atomic E-state index is 4.70. The molecule has 3 nitrogen and oxygen atoms in total. The van der Waals surface area contributed by atoms with Crippen molar-refractivity contribution in [1.29, 1.82) is 0 Å². The highest BCUT2D eigenvalue weighted by atomic mass is 79.9. The van der Waals surface area contributed by atoms with Crippen LogP contribution in [0.3, 0.4) is 0 Å². The summed E-state index contributed by atoms with van der Waals surface area (Å²) in [5.74, 6) is 1.42. The van der Waals surface area contributed by atoms with Gasteiger partial charge in [-0.1, -0.05) is 22.0 Å². The first-order valence-electron chi connectivity index (χ1n) is 6.04. The van der Waals surface area contributed by atoms with Gasteiger partial charge in [0.15, 0.2) is 0 Å². The quantitative estimate of drug-likeness (QED) is 0.927. The van der Waals surface area contributed by atoms with Gasteiger partial charge in [-0.2, -0.15) is 0 Å². The largest absolute Gasteiger partial charge is 0.315 e. The molecule has 0 spiro atoms. The van der Waals surface area contributed by atoms with Crippen molar-refractivity contribution >= 4 is 15.9 Å². The van der Waals surface area contributed by atoms with Crippen molar-refractivity contribution in [2.75, 3.05) is 13.1 Å². The Labute approximate surface area is 115 Å². The van der Waals surface area contributed by atoms with Gasteiger partial charge in [0.1, 0.15) is 5.82 Å². The molecule has 1 fully saturated rings. The Kier molecular flexibility index (Phi) is 3.14. The summed E-state index contributed by atoms with van der Waals surface area (Å²) in [6.07, 6.45) is 1.86. The van der Waals surface area contributed by atoms with Gasteiger partial charge in [0, 0.05) is 35.2 Å². The third-order valence-electron chi connectivity index (χ3n) is 3.30. The van der Waals surface area contributed by atoms with Crippen LogP contribution in [0.15, 0.2) is 34.9 Å². The number of aromatic nitrogens is 2. The standard InChI is InChI=1S/C14H14BrN3/c1-9-2-3-11(15)6-12(9)13-4-5-17-14(18-13)10-7-16-8-10/h2-6,10,16H,7-8H2,1H3. The van der Waals surface area contributed by atoms with E-state index in [1.54, 1.807) is 0 Å². The zero-order valence-corrected chi connectivity index (χ0v) is 11.7. The number of rotatable bonds is 2. The van der Waals surface area contributed by atoms with E-state index in [1.165, 1.54) is 11.1 Å². The molecule has 1 saturated heterocycles. The molecule has 0 radical (unpaired) electrons. The molecule has 2 aromatic rings. The number of nitrogens with one attached hydrogen (secondary N) is 1. The number of hydrogen-bond acceptors (Lipinski definition) is 3. The van der Waals surface area contributed by atoms with E-state index in [-0.39, 0.29) is 0 Å². The molecule has 18 heavy (non-hydrogen) atoms. The third kappa shape index (κ3) is 2.18. The van der Waals surface area contributed by atoms with Crippen LogP contribution < -0.4 is 5.32 Å². The minimum atomic E-state index is 0.470. The van der Waals surface area contributed by atoms with Gasteiger partial charge in [-0.15, -0.1) is 0 Å². The van der Waals surface area contributed by atoms with Gasteiger partial charge in [-0.3, -0.25) is 0 Å². The highest BCUT2D eigenvalue weighted by Crippen LogP contribution is 2.26. The summed E-state index contributed by atoms with van der Waals surface area (Å²) >= 11 is 3.51. The monoisotopic (exact) mass is 303 g/mol. The minimum Gasteiger partial charge on any atom is -0.315 e. The molecular weight excluding hydrogens is 290 g/mol. The molecule has 1 aromatic heterocycles. The number of nitrogens with zero attached hydrogens (tertiary/aromatic N) is 2. The highest BCUT2D eigenvalue weighted by Gasteiger charge is 2.22. The van der Waals surface area contributed by atoms with Crippen LogP contribution in [0.2, 0.25) is 0 Å². The van der Waals surface area contributed by atoms with Gasteiger partial charge in [-0.05, 0) is 30.7 Å². The van der Waals surface area contributed by atoms with Crippen molar-refractivity contribution in [3.8, 4) is 11.3 Å². The van der Waals surface area contributed by atoms with Crippen LogP contribution in [0.25, 0.3) is 11.3 Å². The van der Waals surface area contributed by atoms with Crippen LogP contribution in [0.4, 0.5) is 0 Å². The normalized spacial score (nSPS) is 15.4. The van der Waals surface area contributed by atoms with Crippen molar-refractivity contribution < 1.29 is 0 Å². The molecule has 1 aliphatic rings. The average molecular weight is 304 g/mol. The molecule has 1 aromatic carbocycles. The van der Waals surface area contributed by atoms with Crippen LogP contribution in [0, 0.1) is 6.92 Å². The zero-order chi connectivity index (χ0) is 12.5. The first-order valence-corrected chi connectivity index (χ1v) is 6.83. The molecule has 0 amide bonds. The van der Waals surface area contributed by atoms with Crippen LogP contribution in [-0.2, 0) is 0 Å². The zero-order valence-electron chi connectivity index (χ0n) is 10.2. The Bertz CT molecular complexity index is 579. The number of benzene rings is 1. The first-order chi connectivity index (χ1) is 8.74. The van der Waals surface area contributed by atoms with Crippen molar-refractivity contribution in [2.24, 2.45) is 0 Å². The summed E-state index contributed by atoms with van der Waals surface area (Å²) in [6, 6.07) is 8.24. The maximum Gasteiger partial charge on any atom is 0.134 e. The Balaban J connectivity index is 2.02. The molecule has 3 rings (SSSR count). The van der Waals surface area contributed by atoms with Crippen molar-refractivity contribution in [1.82, 2.24) is 15.3 Å². The summed E-state index contributed by atoms with van der Waals surface area (Å²) in [5.41, 5.74) is 3.40. The second-order valence-electron chi connectivity index (χ2n) is 4.61. The Morgan fingerprint density at radius 3 is 2.83 bits per heavy atom. The lowest BCUT2D eigenvalue weighted by Crippen LogP contribution is -2.40. The van der Waals surface area contributed by atoms with Gasteiger partial charge in [0.2, 0.25) is 0 Å². The van der Waals surface area contributed by atoms with Gasteiger partial charge in [-0.25, -0.2) is 9.97 Å². The SMILES string of the molecule is Cc1ccc(Br)cc1-c1ccnc(C2CNC2)n1. The van der Waals surface area contributed by atoms with Gasteiger partial charge >= 0.3 is 0 Å². The Morgan fingerprint density at radius 1 is 1.28 bits per heavy atom. The summed E-state index contributed by atoms with van der Waals surface area (Å²) < 4.78 is 1.08. The minimum absolute atomic E-state index is 0.470. The average Bonchev–Trinajstić information content (AvgIpc) is 2.30. The molecule has 0 bridgehead atoms. The fourth-order valence-corrected chi connectivity index (χ4v) is 2.42. The fraction of sp³-hybridized carbons (Fsp3) is 0.286. The van der Waals surface area contributed by atoms with E-state index in [9.17, 15) is 0 Å². The molecule has 1 aliphatic heterocycles. The van der Waals surface area contributed by atoms with Crippen molar-refractivity contribution in [2.45, 2.75) is 12.8 Å². The summed E-state index contributed by atoms with van der Waals surface area (Å²) in [6.45, 7) is 4.08. The molecule has 2 heterocycles. The number of aryl methyl sites for hydroxylation is 1. The van der Waals surface area contributed by atoms with E-state index in [2.05, 4.69) is 51.4 Å². The topological polar surface area (TPSA) is 37.8 Å². The second kappa shape index (κ2) is 4.78. The van der Waals surface area contributed by atoms with E-state index in [1.807, 2.05) is 12.3 Å². The predicted molar refractivity (Wildman–Crippen MR) is 75.5 cm³/mol. The lowest BCUT2D eigenvalue weighted by molar-refractivity contribution is 0.430. The molecule has 0 aliphatic carbocycles. The fourth-order valence-electron chi connectivity index (χ4n) is 2.06. The highest BCUT2D eigenvalue weighted by molar-refractivity contribution is 9.10. The smallest absolute Gasteiger partial charge is 0.134 e. The van der Waals surface area contributed by atoms with E-state index < -0.39 is 0 Å². The Morgan fingerprint density at radius 2 is 2.11 bits per heavy atom. The number of halogens is 1. The maximum atomic E-state index is 4.70. The lowest BCUT2D eigenvalue weighted by atomic mass is 10.0. The predicted octanol–water partition coefficient (Wildman–Crippen LogP) is 2.90. The van der Waals surface area contributed by atoms with Crippen LogP contribution in [0.5, 0.6) is 0 Å². The summed E-state index contributed by atoms with van der Waals surface area (Å²) in [7, 11) is 0. The van der Waals surface area contributed by atoms with Gasteiger partial charge in [0.05, 0.1) is 5.69 Å². The van der Waals surface area contributed by atoms with Gasteiger partial charge in [0.25, 0.3) is 0 Å². The summed E-state index contributed by atoms with van der Waals surface area (Å²) in [5, 5.41) is 3.25. The van der Waals surface area contributed by atoms with E-state index in [0.29, 0.717) is 5.92 Å². The summed E-state index contributed by atoms with van der Waals surface area (Å²) in [4.78, 5) is 9.07. The molecule has 4 heteroatoms. The molecular formula is C14H14BrN3.